The van der Waals surface area contributed by atoms with Crippen molar-refractivity contribution >= 4 is 23.2 Å². The van der Waals surface area contributed by atoms with Crippen LogP contribution < -0.4 is 10.6 Å². The molecule has 0 heterocycles. The van der Waals surface area contributed by atoms with Gasteiger partial charge in [-0.25, -0.2) is 0 Å². The molecule has 6 heteroatoms. The third-order valence-corrected chi connectivity index (χ3v) is 3.98. The molecule has 0 aromatic heterocycles. The number of phenolic OH excluding ortho intramolecular Hbond substituents is 2. The Kier molecular flexibility index (Phi) is 5.91. The number of carbonyl (C=O) groups excluding carboxylic acids is 2. The molecule has 3 aromatic carbocycles. The molecular weight excluding hydrogens is 356 g/mol. The average molecular weight is 376 g/mol. The van der Waals surface area contributed by atoms with Crippen molar-refractivity contribution in [3.8, 4) is 11.5 Å². The highest BCUT2D eigenvalue weighted by Crippen LogP contribution is 2.17. The van der Waals surface area contributed by atoms with Gasteiger partial charge in [-0.2, -0.15) is 0 Å². The Bertz CT molecular complexity index is 924. The molecule has 2 amide bonds. The first-order valence-electron chi connectivity index (χ1n) is 8.73. The first kappa shape index (κ1) is 19.0. The molecule has 0 aliphatic heterocycles. The van der Waals surface area contributed by atoms with Crippen LogP contribution in [0, 0.1) is 0 Å². The van der Waals surface area contributed by atoms with Crippen LogP contribution >= 0.6 is 0 Å². The summed E-state index contributed by atoms with van der Waals surface area (Å²) in [6.45, 7) is 0. The van der Waals surface area contributed by atoms with E-state index >= 15 is 0 Å². The number of hydrogen-bond acceptors (Lipinski definition) is 4. The highest BCUT2D eigenvalue weighted by atomic mass is 16.3. The molecule has 3 aromatic rings. The van der Waals surface area contributed by atoms with Crippen molar-refractivity contribution in [1.82, 2.24) is 0 Å². The van der Waals surface area contributed by atoms with Gasteiger partial charge in [0.25, 0.3) is 0 Å². The summed E-state index contributed by atoms with van der Waals surface area (Å²) in [6.07, 6.45) is 0.301. The van der Waals surface area contributed by atoms with E-state index in [4.69, 9.17) is 0 Å². The van der Waals surface area contributed by atoms with E-state index < -0.39 is 0 Å². The van der Waals surface area contributed by atoms with E-state index in [1.165, 1.54) is 24.3 Å². The van der Waals surface area contributed by atoms with Gasteiger partial charge in [0.2, 0.25) is 11.8 Å². The molecule has 0 fully saturated rings. The van der Waals surface area contributed by atoms with Crippen LogP contribution in [0.5, 0.6) is 11.5 Å². The summed E-state index contributed by atoms with van der Waals surface area (Å²) < 4.78 is 0. The minimum Gasteiger partial charge on any atom is -0.508 e. The van der Waals surface area contributed by atoms with Crippen LogP contribution in [-0.4, -0.2) is 22.0 Å². The van der Waals surface area contributed by atoms with Gasteiger partial charge in [-0.3, -0.25) is 9.59 Å². The second-order valence-corrected chi connectivity index (χ2v) is 6.37. The summed E-state index contributed by atoms with van der Waals surface area (Å²) in [4.78, 5) is 24.4. The lowest BCUT2D eigenvalue weighted by Gasteiger charge is -2.08. The Labute approximate surface area is 162 Å². The number of aromatic hydroxyl groups is 2. The lowest BCUT2D eigenvalue weighted by Crippen LogP contribution is -2.16. The molecule has 6 nitrogen and oxygen atoms in total. The minimum atomic E-state index is -0.216. The summed E-state index contributed by atoms with van der Waals surface area (Å²) >= 11 is 0. The maximum absolute atomic E-state index is 12.2. The first-order chi connectivity index (χ1) is 13.5. The molecule has 0 saturated heterocycles. The van der Waals surface area contributed by atoms with E-state index in [-0.39, 0.29) is 36.2 Å². The number of benzene rings is 3. The summed E-state index contributed by atoms with van der Waals surface area (Å²) in [7, 11) is 0. The molecule has 28 heavy (non-hydrogen) atoms. The Morgan fingerprint density at radius 1 is 0.643 bits per heavy atom. The fourth-order valence-electron chi connectivity index (χ4n) is 2.80. The number of rotatable bonds is 6. The molecule has 0 spiro atoms. The second-order valence-electron chi connectivity index (χ2n) is 6.37. The fourth-order valence-corrected chi connectivity index (χ4v) is 2.80. The molecule has 0 saturated carbocycles. The van der Waals surface area contributed by atoms with Crippen molar-refractivity contribution in [2.24, 2.45) is 0 Å². The number of phenols is 2. The molecule has 0 radical (unpaired) electrons. The molecule has 0 atom stereocenters. The quantitative estimate of drug-likeness (QED) is 0.529. The van der Waals surface area contributed by atoms with E-state index in [1.54, 1.807) is 30.3 Å². The highest BCUT2D eigenvalue weighted by Gasteiger charge is 2.08. The highest BCUT2D eigenvalue weighted by molar-refractivity contribution is 5.93. The number of anilines is 2. The summed E-state index contributed by atoms with van der Waals surface area (Å²) in [5, 5.41) is 24.4. The van der Waals surface area contributed by atoms with Gasteiger partial charge in [-0.15, -0.1) is 0 Å². The lowest BCUT2D eigenvalue weighted by atomic mass is 10.1. The van der Waals surface area contributed by atoms with E-state index in [1.807, 2.05) is 18.2 Å². The smallest absolute Gasteiger partial charge is 0.228 e. The standard InChI is InChI=1S/C22H20N2O4/c25-19-8-2-6-17(13-19)23-21(27)11-15-4-1-5-16(10-15)12-22(28)24-18-7-3-9-20(26)14-18/h1-10,13-14,25-26H,11-12H2,(H,23,27)(H,24,28). The molecule has 142 valence electrons. The van der Waals surface area contributed by atoms with Crippen molar-refractivity contribution in [3.05, 3.63) is 83.9 Å². The van der Waals surface area contributed by atoms with Gasteiger partial charge in [0, 0.05) is 23.5 Å². The van der Waals surface area contributed by atoms with E-state index in [0.29, 0.717) is 11.4 Å². The van der Waals surface area contributed by atoms with Crippen LogP contribution in [0.4, 0.5) is 11.4 Å². The largest absolute Gasteiger partial charge is 0.508 e. The molecule has 0 aliphatic carbocycles. The van der Waals surface area contributed by atoms with Gasteiger partial charge in [0.15, 0.2) is 0 Å². The first-order valence-corrected chi connectivity index (χ1v) is 8.73. The van der Waals surface area contributed by atoms with Gasteiger partial charge in [0.05, 0.1) is 12.8 Å². The zero-order valence-corrected chi connectivity index (χ0v) is 15.1. The number of amides is 2. The Morgan fingerprint density at radius 3 is 1.50 bits per heavy atom. The van der Waals surface area contributed by atoms with Gasteiger partial charge < -0.3 is 20.8 Å². The molecule has 3 rings (SSSR count). The number of carbonyl (C=O) groups is 2. The van der Waals surface area contributed by atoms with Crippen molar-refractivity contribution in [2.75, 3.05) is 10.6 Å². The zero-order chi connectivity index (χ0) is 19.9. The van der Waals surface area contributed by atoms with E-state index in [0.717, 1.165) is 11.1 Å². The van der Waals surface area contributed by atoms with Crippen LogP contribution in [0.1, 0.15) is 11.1 Å². The van der Waals surface area contributed by atoms with Crippen LogP contribution in [0.15, 0.2) is 72.8 Å². The predicted octanol–water partition coefficient (Wildman–Crippen LogP) is 3.46. The monoisotopic (exact) mass is 376 g/mol. The van der Waals surface area contributed by atoms with Crippen molar-refractivity contribution in [2.45, 2.75) is 12.8 Å². The topological polar surface area (TPSA) is 98.7 Å². The molecule has 4 N–H and O–H groups in total. The van der Waals surface area contributed by atoms with Gasteiger partial charge >= 0.3 is 0 Å². The lowest BCUT2D eigenvalue weighted by molar-refractivity contribution is -0.116. The fraction of sp³-hybridized carbons (Fsp3) is 0.0909. The SMILES string of the molecule is O=C(Cc1cccc(CC(=O)Nc2cccc(O)c2)c1)Nc1cccc(O)c1. The van der Waals surface area contributed by atoms with Crippen LogP contribution in [0.2, 0.25) is 0 Å². The number of nitrogens with one attached hydrogen (secondary N) is 2. The summed E-state index contributed by atoms with van der Waals surface area (Å²) in [6, 6.07) is 19.9. The Morgan fingerprint density at radius 2 is 1.07 bits per heavy atom. The minimum absolute atomic E-state index is 0.0811. The maximum atomic E-state index is 12.2. The normalized spacial score (nSPS) is 10.3. The third-order valence-electron chi connectivity index (χ3n) is 3.98. The van der Waals surface area contributed by atoms with Crippen LogP contribution in [0.3, 0.4) is 0 Å². The second kappa shape index (κ2) is 8.73. The molecular formula is C22H20N2O4. The summed E-state index contributed by atoms with van der Waals surface area (Å²) in [5.74, 6) is -0.269. The van der Waals surface area contributed by atoms with Crippen molar-refractivity contribution < 1.29 is 19.8 Å². The Balaban J connectivity index is 1.58. The van der Waals surface area contributed by atoms with Gasteiger partial charge in [-0.05, 0) is 35.4 Å². The average Bonchev–Trinajstić information content (AvgIpc) is 2.61. The number of hydrogen-bond donors (Lipinski definition) is 4. The maximum Gasteiger partial charge on any atom is 0.228 e. The third kappa shape index (κ3) is 5.60. The Hall–Kier alpha value is -3.80. The van der Waals surface area contributed by atoms with Gasteiger partial charge in [0.1, 0.15) is 11.5 Å². The zero-order valence-electron chi connectivity index (χ0n) is 15.1. The van der Waals surface area contributed by atoms with Crippen LogP contribution in [-0.2, 0) is 22.4 Å². The molecule has 0 unspecified atom stereocenters. The summed E-state index contributed by atoms with van der Waals surface area (Å²) in [5.41, 5.74) is 2.60. The van der Waals surface area contributed by atoms with Crippen molar-refractivity contribution in [1.29, 1.82) is 0 Å². The molecule has 0 bridgehead atoms. The van der Waals surface area contributed by atoms with Crippen LogP contribution in [0.25, 0.3) is 0 Å². The van der Waals surface area contributed by atoms with E-state index in [2.05, 4.69) is 10.6 Å². The van der Waals surface area contributed by atoms with Gasteiger partial charge in [-0.1, -0.05) is 36.4 Å². The van der Waals surface area contributed by atoms with Crippen molar-refractivity contribution in [3.63, 3.8) is 0 Å². The molecule has 0 aliphatic rings. The predicted molar refractivity (Wildman–Crippen MR) is 107 cm³/mol. The van der Waals surface area contributed by atoms with E-state index in [9.17, 15) is 19.8 Å².